The second-order valence-electron chi connectivity index (χ2n) is 2.48. The maximum atomic E-state index is 3.14. The molecule has 0 spiro atoms. The van der Waals surface area contributed by atoms with Gasteiger partial charge >= 0.3 is 32.7 Å². The van der Waals surface area contributed by atoms with Crippen molar-refractivity contribution >= 4 is 0 Å². The van der Waals surface area contributed by atoms with Crippen molar-refractivity contribution in [2.24, 2.45) is 0 Å². The molecular formula is C9H11Y+2. The molecule has 0 aliphatic carbocycles. The van der Waals surface area contributed by atoms with E-state index in [1.807, 2.05) is 6.07 Å². The van der Waals surface area contributed by atoms with Crippen molar-refractivity contribution < 1.29 is 32.7 Å². The Morgan fingerprint density at radius 1 is 1.10 bits per heavy atom. The first kappa shape index (κ1) is 10.3. The van der Waals surface area contributed by atoms with Gasteiger partial charge in [-0.15, -0.1) is 0 Å². The third kappa shape index (κ3) is 2.52. The molecule has 0 bridgehead atoms. The van der Waals surface area contributed by atoms with Crippen LogP contribution in [0.4, 0.5) is 0 Å². The Kier molecular flexibility index (Phi) is 4.39. The van der Waals surface area contributed by atoms with Gasteiger partial charge in [-0.25, -0.2) is 0 Å². The van der Waals surface area contributed by atoms with Crippen LogP contribution in [0.5, 0.6) is 0 Å². The molecule has 1 aromatic carbocycles. The summed E-state index contributed by atoms with van der Waals surface area (Å²) in [6.45, 7) is 6.29. The minimum absolute atomic E-state index is 0. The van der Waals surface area contributed by atoms with Crippen LogP contribution in [0.3, 0.4) is 0 Å². The van der Waals surface area contributed by atoms with E-state index in [0.29, 0.717) is 0 Å². The smallest absolute Gasteiger partial charge is 0.180 e. The third-order valence-corrected chi connectivity index (χ3v) is 1.57. The molecule has 0 saturated heterocycles. The molecule has 0 unspecified atom stereocenters. The van der Waals surface area contributed by atoms with E-state index < -0.39 is 0 Å². The average molecular weight is 208 g/mol. The van der Waals surface area contributed by atoms with Crippen molar-refractivity contribution in [1.82, 2.24) is 0 Å². The van der Waals surface area contributed by atoms with E-state index in [1.165, 1.54) is 16.7 Å². The minimum Gasteiger partial charge on any atom is -0.180 e. The van der Waals surface area contributed by atoms with E-state index in [0.717, 1.165) is 0 Å². The van der Waals surface area contributed by atoms with Gasteiger partial charge in [-0.1, -0.05) is 20.8 Å². The zero-order valence-corrected chi connectivity index (χ0v) is 9.57. The summed E-state index contributed by atoms with van der Waals surface area (Å²) in [6.07, 6.45) is 0. The van der Waals surface area contributed by atoms with Crippen LogP contribution in [0.15, 0.2) is 12.1 Å². The standard InChI is InChI=1S/C9H11.Y/c1-7-4-5-8(2)9(3)6-7;/h5-6H,1-3H3;/q-1;+3. The van der Waals surface area contributed by atoms with Crippen LogP contribution in [-0.2, 0) is 32.7 Å². The van der Waals surface area contributed by atoms with E-state index in [4.69, 9.17) is 0 Å². The average Bonchev–Trinajstić information content (AvgIpc) is 1.80. The molecule has 0 fully saturated rings. The molecule has 0 saturated carbocycles. The fourth-order valence-corrected chi connectivity index (χ4v) is 0.816. The molecule has 0 aliphatic rings. The molecule has 0 aromatic heterocycles. The number of hydrogen-bond donors (Lipinski definition) is 0. The Hall–Kier alpha value is 0.324. The molecule has 1 heteroatoms. The van der Waals surface area contributed by atoms with Crippen LogP contribution in [0.1, 0.15) is 16.7 Å². The van der Waals surface area contributed by atoms with Crippen LogP contribution < -0.4 is 0 Å². The van der Waals surface area contributed by atoms with Gasteiger partial charge in [0.1, 0.15) is 0 Å². The molecule has 1 aromatic rings. The molecule has 0 radical (unpaired) electrons. The Bertz CT molecular complexity index is 216. The van der Waals surface area contributed by atoms with Crippen LogP contribution in [0, 0.1) is 26.8 Å². The number of aryl methyl sites for hydroxylation is 3. The van der Waals surface area contributed by atoms with Gasteiger partial charge in [0, 0.05) is 0 Å². The number of hydrogen-bond acceptors (Lipinski definition) is 0. The van der Waals surface area contributed by atoms with Crippen molar-refractivity contribution in [3.63, 3.8) is 0 Å². The van der Waals surface area contributed by atoms with Gasteiger partial charge in [-0.2, -0.15) is 34.9 Å². The first-order chi connectivity index (χ1) is 4.20. The largest absolute Gasteiger partial charge is 3.00 e. The Morgan fingerprint density at radius 3 is 2.10 bits per heavy atom. The van der Waals surface area contributed by atoms with Crippen molar-refractivity contribution in [2.75, 3.05) is 0 Å². The van der Waals surface area contributed by atoms with E-state index in [-0.39, 0.29) is 32.7 Å². The van der Waals surface area contributed by atoms with Crippen molar-refractivity contribution in [3.05, 3.63) is 34.9 Å². The minimum atomic E-state index is 0. The van der Waals surface area contributed by atoms with Crippen LogP contribution in [0.25, 0.3) is 0 Å². The topological polar surface area (TPSA) is 0 Å². The van der Waals surface area contributed by atoms with Crippen molar-refractivity contribution in [2.45, 2.75) is 20.8 Å². The molecule has 0 amide bonds. The summed E-state index contributed by atoms with van der Waals surface area (Å²) in [5, 5.41) is 0. The maximum absolute atomic E-state index is 3.14. The molecule has 0 heterocycles. The Balaban J connectivity index is 0.000000810. The predicted octanol–water partition coefficient (Wildman–Crippen LogP) is 2.41. The molecule has 48 valence electrons. The summed E-state index contributed by atoms with van der Waals surface area (Å²) in [5.41, 5.74) is 3.89. The number of benzene rings is 1. The molecule has 1 rings (SSSR count). The summed E-state index contributed by atoms with van der Waals surface area (Å²) in [4.78, 5) is 0. The fourth-order valence-electron chi connectivity index (χ4n) is 0.816. The van der Waals surface area contributed by atoms with E-state index in [2.05, 4.69) is 32.9 Å². The first-order valence-electron chi connectivity index (χ1n) is 3.15. The molecule has 0 atom stereocenters. The van der Waals surface area contributed by atoms with Crippen LogP contribution in [-0.4, -0.2) is 0 Å². The Labute approximate surface area is 87.9 Å². The summed E-state index contributed by atoms with van der Waals surface area (Å²) < 4.78 is 0. The molecule has 0 N–H and O–H groups in total. The zero-order valence-electron chi connectivity index (χ0n) is 6.73. The van der Waals surface area contributed by atoms with Gasteiger partial charge in [-0.3, -0.25) is 0 Å². The molecule has 0 nitrogen and oxygen atoms in total. The second kappa shape index (κ2) is 4.25. The van der Waals surface area contributed by atoms with Crippen LogP contribution >= 0.6 is 0 Å². The third-order valence-electron chi connectivity index (χ3n) is 1.57. The molecule has 0 aliphatic heterocycles. The summed E-state index contributed by atoms with van der Waals surface area (Å²) in [6, 6.07) is 7.32. The maximum Gasteiger partial charge on any atom is 3.00 e. The van der Waals surface area contributed by atoms with Gasteiger partial charge in [-0.05, 0) is 0 Å². The van der Waals surface area contributed by atoms with Crippen molar-refractivity contribution in [3.8, 4) is 0 Å². The van der Waals surface area contributed by atoms with Gasteiger partial charge in [0.15, 0.2) is 0 Å². The quantitative estimate of drug-likeness (QED) is 0.574. The predicted molar refractivity (Wildman–Crippen MR) is 39.5 cm³/mol. The SMILES string of the molecule is Cc1[c-]cc(C)c(C)c1.[Y+3]. The van der Waals surface area contributed by atoms with E-state index in [1.54, 1.807) is 0 Å². The molecule has 10 heavy (non-hydrogen) atoms. The zero-order chi connectivity index (χ0) is 6.85. The number of rotatable bonds is 0. The summed E-state index contributed by atoms with van der Waals surface area (Å²) >= 11 is 0. The van der Waals surface area contributed by atoms with Gasteiger partial charge in [0.25, 0.3) is 0 Å². The van der Waals surface area contributed by atoms with E-state index in [9.17, 15) is 0 Å². The first-order valence-corrected chi connectivity index (χ1v) is 3.15. The molecular weight excluding hydrogens is 197 g/mol. The van der Waals surface area contributed by atoms with Crippen molar-refractivity contribution in [1.29, 1.82) is 0 Å². The normalized spacial score (nSPS) is 8.70. The second-order valence-corrected chi connectivity index (χ2v) is 2.48. The van der Waals surface area contributed by atoms with Gasteiger partial charge < -0.3 is 0 Å². The summed E-state index contributed by atoms with van der Waals surface area (Å²) in [5.74, 6) is 0. The fraction of sp³-hybridized carbons (Fsp3) is 0.333. The van der Waals surface area contributed by atoms with E-state index >= 15 is 0 Å². The monoisotopic (exact) mass is 208 g/mol. The van der Waals surface area contributed by atoms with Gasteiger partial charge in [0.05, 0.1) is 0 Å². The van der Waals surface area contributed by atoms with Gasteiger partial charge in [0.2, 0.25) is 0 Å². The summed E-state index contributed by atoms with van der Waals surface area (Å²) in [7, 11) is 0. The van der Waals surface area contributed by atoms with Crippen LogP contribution in [0.2, 0.25) is 0 Å². The Morgan fingerprint density at radius 2 is 1.70 bits per heavy atom.